The van der Waals surface area contributed by atoms with Crippen LogP contribution in [0.3, 0.4) is 0 Å². The predicted octanol–water partition coefficient (Wildman–Crippen LogP) is 5.02. The van der Waals surface area contributed by atoms with Crippen molar-refractivity contribution in [2.24, 2.45) is 0 Å². The van der Waals surface area contributed by atoms with Crippen LogP contribution in [0.25, 0.3) is 0 Å². The van der Waals surface area contributed by atoms with E-state index in [4.69, 9.17) is 18.9 Å². The highest BCUT2D eigenvalue weighted by molar-refractivity contribution is 5.41. The summed E-state index contributed by atoms with van der Waals surface area (Å²) in [6.07, 6.45) is 11.8. The zero-order valence-corrected chi connectivity index (χ0v) is 17.1. The predicted molar refractivity (Wildman–Crippen MR) is 116 cm³/mol. The van der Waals surface area contributed by atoms with Crippen molar-refractivity contribution >= 4 is 0 Å². The second kappa shape index (κ2) is 9.07. The Morgan fingerprint density at radius 3 is 1.27 bits per heavy atom. The molecule has 0 amide bonds. The van der Waals surface area contributed by atoms with Crippen molar-refractivity contribution in [2.75, 3.05) is 26.4 Å². The van der Waals surface area contributed by atoms with Gasteiger partial charge in [-0.05, 0) is 35.4 Å². The van der Waals surface area contributed by atoms with Gasteiger partial charge in [0.25, 0.3) is 0 Å². The summed E-state index contributed by atoms with van der Waals surface area (Å²) in [4.78, 5) is 0. The van der Waals surface area contributed by atoms with Gasteiger partial charge in [0.1, 0.15) is 24.7 Å². The Kier molecular flexibility index (Phi) is 5.87. The van der Waals surface area contributed by atoms with E-state index in [0.717, 1.165) is 37.6 Å². The molecule has 0 spiro atoms. The van der Waals surface area contributed by atoms with Gasteiger partial charge in [-0.1, -0.05) is 48.6 Å². The Balaban J connectivity index is 1.13. The molecule has 0 bridgehead atoms. The van der Waals surface area contributed by atoms with Gasteiger partial charge in [0.05, 0.1) is 12.2 Å². The molecule has 2 heterocycles. The van der Waals surface area contributed by atoms with E-state index in [1.54, 1.807) is 0 Å². The third-order valence-electron chi connectivity index (χ3n) is 6.04. The van der Waals surface area contributed by atoms with Gasteiger partial charge in [0, 0.05) is 37.9 Å². The van der Waals surface area contributed by atoms with Gasteiger partial charge in [0.2, 0.25) is 0 Å². The van der Waals surface area contributed by atoms with E-state index >= 15 is 0 Å². The van der Waals surface area contributed by atoms with Gasteiger partial charge in [-0.3, -0.25) is 0 Å². The normalized spacial score (nSPS) is 27.2. The zero-order valence-electron chi connectivity index (χ0n) is 17.1. The summed E-state index contributed by atoms with van der Waals surface area (Å²) in [5.74, 6) is 2.41. The van der Waals surface area contributed by atoms with Crippen molar-refractivity contribution in [3.8, 4) is 11.5 Å². The van der Waals surface area contributed by atoms with Crippen molar-refractivity contribution < 1.29 is 18.9 Å². The number of ether oxygens (including phenoxy) is 4. The number of hydrogen-bond acceptors (Lipinski definition) is 4. The summed E-state index contributed by atoms with van der Waals surface area (Å²) in [7, 11) is 0. The molecular weight excluding hydrogens is 376 g/mol. The van der Waals surface area contributed by atoms with Gasteiger partial charge >= 0.3 is 0 Å². The maximum Gasteiger partial charge on any atom is 0.119 e. The molecule has 4 heteroatoms. The molecule has 2 unspecified atom stereocenters. The molecule has 156 valence electrons. The molecule has 2 fully saturated rings. The van der Waals surface area contributed by atoms with Gasteiger partial charge < -0.3 is 18.9 Å². The fraction of sp³-hybridized carbons (Fsp3) is 0.385. The third-order valence-corrected chi connectivity index (χ3v) is 6.04. The molecule has 30 heavy (non-hydrogen) atoms. The fourth-order valence-electron chi connectivity index (χ4n) is 3.83. The van der Waals surface area contributed by atoms with Crippen LogP contribution in [-0.4, -0.2) is 38.6 Å². The Labute approximate surface area is 178 Å². The fourth-order valence-corrected chi connectivity index (χ4v) is 3.83. The Hall–Kier alpha value is -2.56. The van der Waals surface area contributed by atoms with Crippen LogP contribution >= 0.6 is 0 Å². The van der Waals surface area contributed by atoms with Gasteiger partial charge in [-0.15, -0.1) is 0 Å². The van der Waals surface area contributed by atoms with E-state index in [-0.39, 0.29) is 12.2 Å². The number of benzene rings is 2. The van der Waals surface area contributed by atoms with Crippen LogP contribution in [0.1, 0.15) is 35.8 Å². The van der Waals surface area contributed by atoms with Crippen molar-refractivity contribution in [1.29, 1.82) is 0 Å². The molecule has 5 rings (SSSR count). The maximum absolute atomic E-state index is 5.80. The molecule has 3 aliphatic rings. The van der Waals surface area contributed by atoms with Crippen LogP contribution in [0.2, 0.25) is 0 Å². The molecule has 0 saturated carbocycles. The average molecular weight is 405 g/mol. The van der Waals surface area contributed by atoms with Crippen molar-refractivity contribution in [2.45, 2.75) is 36.9 Å². The lowest BCUT2D eigenvalue weighted by atomic mass is 9.87. The first-order chi connectivity index (χ1) is 14.8. The van der Waals surface area contributed by atoms with Gasteiger partial charge in [-0.25, -0.2) is 0 Å². The molecular formula is C26H28O4. The summed E-state index contributed by atoms with van der Waals surface area (Å²) in [5, 5.41) is 0. The maximum atomic E-state index is 5.80. The second-order valence-corrected chi connectivity index (χ2v) is 8.14. The monoisotopic (exact) mass is 404 g/mol. The van der Waals surface area contributed by atoms with Gasteiger partial charge in [0.15, 0.2) is 0 Å². The Bertz CT molecular complexity index is 789. The average Bonchev–Trinajstić information content (AvgIpc) is 2.73. The van der Waals surface area contributed by atoms with E-state index in [9.17, 15) is 0 Å². The molecule has 1 aliphatic carbocycles. The molecule has 2 aliphatic heterocycles. The lowest BCUT2D eigenvalue weighted by Crippen LogP contribution is -2.32. The van der Waals surface area contributed by atoms with E-state index < -0.39 is 0 Å². The number of hydrogen-bond donors (Lipinski definition) is 0. The zero-order chi connectivity index (χ0) is 20.2. The Morgan fingerprint density at radius 2 is 0.967 bits per heavy atom. The van der Waals surface area contributed by atoms with Crippen molar-refractivity contribution in [3.05, 3.63) is 84.0 Å². The topological polar surface area (TPSA) is 36.9 Å². The highest BCUT2D eigenvalue weighted by Gasteiger charge is 2.19. The minimum atomic E-state index is 0.267. The molecule has 2 aromatic carbocycles. The van der Waals surface area contributed by atoms with E-state index in [1.807, 2.05) is 0 Å². The summed E-state index contributed by atoms with van der Waals surface area (Å²) in [6.45, 7) is 3.01. The molecule has 2 aromatic rings. The first kappa shape index (κ1) is 19.4. The first-order valence-corrected chi connectivity index (χ1v) is 10.9. The highest BCUT2D eigenvalue weighted by Crippen LogP contribution is 2.31. The molecule has 4 nitrogen and oxygen atoms in total. The molecule has 0 N–H and O–H groups in total. The summed E-state index contributed by atoms with van der Waals surface area (Å²) in [5.41, 5.74) is 2.55. The summed E-state index contributed by atoms with van der Waals surface area (Å²) >= 11 is 0. The number of rotatable bonds is 8. The van der Waals surface area contributed by atoms with Gasteiger partial charge in [-0.2, -0.15) is 0 Å². The molecule has 0 radical (unpaired) electrons. The highest BCUT2D eigenvalue weighted by atomic mass is 16.6. The van der Waals surface area contributed by atoms with Crippen LogP contribution in [0.5, 0.6) is 11.5 Å². The lowest BCUT2D eigenvalue weighted by molar-refractivity contribution is -0.0721. The van der Waals surface area contributed by atoms with Crippen molar-refractivity contribution in [3.63, 3.8) is 0 Å². The number of allylic oxidation sites excluding steroid dienone is 4. The summed E-state index contributed by atoms with van der Waals surface area (Å²) < 4.78 is 22.4. The van der Waals surface area contributed by atoms with Crippen LogP contribution in [-0.2, 0) is 9.47 Å². The van der Waals surface area contributed by atoms with Crippen LogP contribution < -0.4 is 9.47 Å². The van der Waals surface area contributed by atoms with Crippen LogP contribution in [0.15, 0.2) is 72.8 Å². The largest absolute Gasteiger partial charge is 0.491 e. The smallest absolute Gasteiger partial charge is 0.119 e. The SMILES string of the molecule is C1=CC(c2ccc(OCC3CCO3)cc2)C=CC1c1ccc(OCC2CCO2)cc1. The molecule has 0 aromatic heterocycles. The van der Waals surface area contributed by atoms with Crippen molar-refractivity contribution in [1.82, 2.24) is 0 Å². The van der Waals surface area contributed by atoms with E-state index in [1.165, 1.54) is 11.1 Å². The van der Waals surface area contributed by atoms with Crippen LogP contribution in [0, 0.1) is 0 Å². The molecule has 2 saturated heterocycles. The van der Waals surface area contributed by atoms with E-state index in [2.05, 4.69) is 72.8 Å². The third kappa shape index (κ3) is 4.61. The standard InChI is InChI=1S/C26H28O4/c1-2-20(22-7-11-24(12-8-22)30-18-26-14-16-28-26)4-3-19(1)21-5-9-23(10-6-21)29-17-25-13-15-27-25/h1-12,19-20,25-26H,13-18H2. The quantitative estimate of drug-likeness (QED) is 0.579. The van der Waals surface area contributed by atoms with E-state index in [0.29, 0.717) is 25.0 Å². The minimum absolute atomic E-state index is 0.267. The lowest BCUT2D eigenvalue weighted by Gasteiger charge is -2.26. The summed E-state index contributed by atoms with van der Waals surface area (Å²) in [6, 6.07) is 16.8. The first-order valence-electron chi connectivity index (χ1n) is 10.9. The van der Waals surface area contributed by atoms with Crippen LogP contribution in [0.4, 0.5) is 0 Å². The Morgan fingerprint density at radius 1 is 0.600 bits per heavy atom. The minimum Gasteiger partial charge on any atom is -0.491 e. The molecule has 2 atom stereocenters. The second-order valence-electron chi connectivity index (χ2n) is 8.14.